The Kier molecular flexibility index (Phi) is 5.67. The van der Waals surface area contributed by atoms with E-state index >= 15 is 0 Å². The van der Waals surface area contributed by atoms with Crippen LogP contribution in [0.25, 0.3) is 11.1 Å². The van der Waals surface area contributed by atoms with Gasteiger partial charge in [0.25, 0.3) is 5.91 Å². The molecule has 0 aliphatic rings. The summed E-state index contributed by atoms with van der Waals surface area (Å²) in [6, 6.07) is 21.0. The molecule has 0 atom stereocenters. The maximum Gasteiger partial charge on any atom is 0.251 e. The number of carbonyl (C=O) groups is 1. The molecule has 2 aromatic carbocycles. The van der Waals surface area contributed by atoms with Gasteiger partial charge in [-0.2, -0.15) is 0 Å². The SMILES string of the molecule is O=C(NCc1cncc(-c2ccoc2)c1)c1cccc(OCc2ccccc2)c1. The van der Waals surface area contributed by atoms with Crippen molar-refractivity contribution in [1.29, 1.82) is 0 Å². The Balaban J connectivity index is 1.37. The number of nitrogens with one attached hydrogen (secondary N) is 1. The van der Waals surface area contributed by atoms with Crippen LogP contribution in [0.3, 0.4) is 0 Å². The average Bonchev–Trinajstić information content (AvgIpc) is 3.32. The fraction of sp³-hybridized carbons (Fsp3) is 0.0833. The van der Waals surface area contributed by atoms with Crippen molar-refractivity contribution in [2.75, 3.05) is 0 Å². The van der Waals surface area contributed by atoms with Crippen molar-refractivity contribution in [3.63, 3.8) is 0 Å². The fourth-order valence-corrected chi connectivity index (χ4v) is 2.92. The van der Waals surface area contributed by atoms with Crippen molar-refractivity contribution >= 4 is 5.91 Å². The van der Waals surface area contributed by atoms with E-state index in [4.69, 9.17) is 9.15 Å². The second-order valence-corrected chi connectivity index (χ2v) is 6.58. The number of benzene rings is 2. The number of nitrogens with zero attached hydrogens (tertiary/aromatic N) is 1. The van der Waals surface area contributed by atoms with Crippen molar-refractivity contribution in [3.8, 4) is 16.9 Å². The highest BCUT2D eigenvalue weighted by Crippen LogP contribution is 2.20. The molecule has 29 heavy (non-hydrogen) atoms. The second-order valence-electron chi connectivity index (χ2n) is 6.58. The minimum Gasteiger partial charge on any atom is -0.489 e. The van der Waals surface area contributed by atoms with Crippen molar-refractivity contribution < 1.29 is 13.9 Å². The summed E-state index contributed by atoms with van der Waals surface area (Å²) in [7, 11) is 0. The Morgan fingerprint density at radius 3 is 2.66 bits per heavy atom. The highest BCUT2D eigenvalue weighted by Gasteiger charge is 2.08. The van der Waals surface area contributed by atoms with E-state index in [2.05, 4.69) is 10.3 Å². The summed E-state index contributed by atoms with van der Waals surface area (Å²) in [5.74, 6) is 0.494. The summed E-state index contributed by atoms with van der Waals surface area (Å²) < 4.78 is 10.9. The largest absolute Gasteiger partial charge is 0.489 e. The Morgan fingerprint density at radius 1 is 0.931 bits per heavy atom. The number of ether oxygens (including phenoxy) is 1. The lowest BCUT2D eigenvalue weighted by Crippen LogP contribution is -2.22. The van der Waals surface area contributed by atoms with Crippen molar-refractivity contribution in [3.05, 3.63) is 108 Å². The van der Waals surface area contributed by atoms with Crippen LogP contribution in [0.5, 0.6) is 5.75 Å². The third-order valence-electron chi connectivity index (χ3n) is 4.45. The minimum absolute atomic E-state index is 0.163. The molecule has 4 aromatic rings. The van der Waals surface area contributed by atoms with E-state index in [0.29, 0.717) is 24.5 Å². The van der Waals surface area contributed by atoms with Gasteiger partial charge in [-0.15, -0.1) is 0 Å². The molecule has 0 aliphatic heterocycles. The molecule has 0 unspecified atom stereocenters. The Labute approximate surface area is 169 Å². The molecular weight excluding hydrogens is 364 g/mol. The zero-order valence-electron chi connectivity index (χ0n) is 15.7. The molecular formula is C24H20N2O3. The third kappa shape index (κ3) is 4.90. The van der Waals surface area contributed by atoms with Crippen molar-refractivity contribution in [2.45, 2.75) is 13.2 Å². The van der Waals surface area contributed by atoms with Crippen LogP contribution in [0.15, 0.2) is 96.1 Å². The van der Waals surface area contributed by atoms with E-state index in [1.165, 1.54) is 0 Å². The maximum atomic E-state index is 12.6. The van der Waals surface area contributed by atoms with Gasteiger partial charge in [0, 0.05) is 35.6 Å². The van der Waals surface area contributed by atoms with Gasteiger partial charge in [0.15, 0.2) is 0 Å². The molecule has 0 fully saturated rings. The van der Waals surface area contributed by atoms with Crippen LogP contribution in [0.1, 0.15) is 21.5 Å². The van der Waals surface area contributed by atoms with Gasteiger partial charge in [-0.05, 0) is 41.5 Å². The quantitative estimate of drug-likeness (QED) is 0.495. The van der Waals surface area contributed by atoms with Gasteiger partial charge in [0.2, 0.25) is 0 Å². The smallest absolute Gasteiger partial charge is 0.251 e. The van der Waals surface area contributed by atoms with Gasteiger partial charge in [-0.25, -0.2) is 0 Å². The summed E-state index contributed by atoms with van der Waals surface area (Å²) in [5, 5.41) is 2.93. The first-order chi connectivity index (χ1) is 14.3. The average molecular weight is 384 g/mol. The summed E-state index contributed by atoms with van der Waals surface area (Å²) in [4.78, 5) is 16.8. The first-order valence-electron chi connectivity index (χ1n) is 9.29. The molecule has 5 heteroatoms. The molecule has 0 saturated heterocycles. The number of pyridine rings is 1. The summed E-state index contributed by atoms with van der Waals surface area (Å²) in [5.41, 5.74) is 4.44. The summed E-state index contributed by atoms with van der Waals surface area (Å²) in [6.07, 6.45) is 6.80. The van der Waals surface area contributed by atoms with E-state index < -0.39 is 0 Å². The predicted molar refractivity (Wildman–Crippen MR) is 110 cm³/mol. The zero-order chi connectivity index (χ0) is 19.9. The van der Waals surface area contributed by atoms with Gasteiger partial charge in [-0.3, -0.25) is 9.78 Å². The molecule has 2 heterocycles. The lowest BCUT2D eigenvalue weighted by Gasteiger charge is -2.09. The minimum atomic E-state index is -0.163. The molecule has 1 amide bonds. The van der Waals surface area contributed by atoms with Crippen molar-refractivity contribution in [2.24, 2.45) is 0 Å². The lowest BCUT2D eigenvalue weighted by atomic mass is 10.1. The molecule has 4 rings (SSSR count). The van der Waals surface area contributed by atoms with Gasteiger partial charge in [-0.1, -0.05) is 36.4 Å². The normalized spacial score (nSPS) is 10.5. The van der Waals surface area contributed by atoms with E-state index in [9.17, 15) is 4.79 Å². The Morgan fingerprint density at radius 2 is 1.83 bits per heavy atom. The Bertz CT molecular complexity index is 1080. The molecule has 1 N–H and O–H groups in total. The fourth-order valence-electron chi connectivity index (χ4n) is 2.92. The van der Waals surface area contributed by atoms with Crippen molar-refractivity contribution in [1.82, 2.24) is 10.3 Å². The van der Waals surface area contributed by atoms with E-state index in [1.807, 2.05) is 54.6 Å². The van der Waals surface area contributed by atoms with E-state index in [1.54, 1.807) is 37.1 Å². The standard InChI is InChI=1S/C24H20N2O3/c27-24(26-14-19-11-22(15-25-13-19)21-9-10-28-17-21)20-7-4-8-23(12-20)29-16-18-5-2-1-3-6-18/h1-13,15,17H,14,16H2,(H,26,27). The van der Waals surface area contributed by atoms with Crippen LogP contribution in [-0.2, 0) is 13.2 Å². The second kappa shape index (κ2) is 8.89. The highest BCUT2D eigenvalue weighted by molar-refractivity contribution is 5.94. The van der Waals surface area contributed by atoms with Crippen LogP contribution in [0.2, 0.25) is 0 Å². The molecule has 2 aromatic heterocycles. The number of furan rings is 1. The van der Waals surface area contributed by atoms with Gasteiger partial charge >= 0.3 is 0 Å². The van der Waals surface area contributed by atoms with E-state index in [-0.39, 0.29) is 5.91 Å². The monoisotopic (exact) mass is 384 g/mol. The first kappa shape index (κ1) is 18.5. The number of carbonyl (C=O) groups excluding carboxylic acids is 1. The molecule has 0 bridgehead atoms. The number of hydrogen-bond acceptors (Lipinski definition) is 4. The topological polar surface area (TPSA) is 64.4 Å². The first-order valence-corrected chi connectivity index (χ1v) is 9.29. The number of hydrogen-bond donors (Lipinski definition) is 1. The number of amides is 1. The third-order valence-corrected chi connectivity index (χ3v) is 4.45. The van der Waals surface area contributed by atoms with Crippen LogP contribution in [0, 0.1) is 0 Å². The van der Waals surface area contributed by atoms with Gasteiger partial charge < -0.3 is 14.5 Å². The maximum absolute atomic E-state index is 12.6. The summed E-state index contributed by atoms with van der Waals surface area (Å²) in [6.45, 7) is 0.838. The molecule has 0 saturated carbocycles. The molecule has 144 valence electrons. The molecule has 0 aliphatic carbocycles. The Hall–Kier alpha value is -3.86. The molecule has 0 radical (unpaired) electrons. The molecule has 5 nitrogen and oxygen atoms in total. The van der Waals surface area contributed by atoms with Crippen LogP contribution in [0.4, 0.5) is 0 Å². The predicted octanol–water partition coefficient (Wildman–Crippen LogP) is 4.85. The molecule has 0 spiro atoms. The van der Waals surface area contributed by atoms with Crippen LogP contribution in [-0.4, -0.2) is 10.9 Å². The summed E-state index contributed by atoms with van der Waals surface area (Å²) >= 11 is 0. The number of aromatic nitrogens is 1. The highest BCUT2D eigenvalue weighted by atomic mass is 16.5. The van der Waals surface area contributed by atoms with Crippen LogP contribution >= 0.6 is 0 Å². The van der Waals surface area contributed by atoms with E-state index in [0.717, 1.165) is 22.3 Å². The number of rotatable bonds is 7. The lowest BCUT2D eigenvalue weighted by molar-refractivity contribution is 0.0950. The zero-order valence-corrected chi connectivity index (χ0v) is 15.7. The van der Waals surface area contributed by atoms with Crippen LogP contribution < -0.4 is 10.1 Å². The van der Waals surface area contributed by atoms with Gasteiger partial charge in [0.1, 0.15) is 12.4 Å². The van der Waals surface area contributed by atoms with Gasteiger partial charge in [0.05, 0.1) is 12.5 Å².